The lowest BCUT2D eigenvalue weighted by atomic mass is 9.89. The van der Waals surface area contributed by atoms with Gasteiger partial charge in [0.05, 0.1) is 5.92 Å². The summed E-state index contributed by atoms with van der Waals surface area (Å²) in [6, 6.07) is 0.289. The van der Waals surface area contributed by atoms with Gasteiger partial charge in [0, 0.05) is 23.4 Å². The van der Waals surface area contributed by atoms with E-state index >= 15 is 0 Å². The van der Waals surface area contributed by atoms with E-state index in [1.165, 1.54) is 0 Å². The van der Waals surface area contributed by atoms with E-state index in [-0.39, 0.29) is 30.1 Å². The van der Waals surface area contributed by atoms with Gasteiger partial charge < -0.3 is 15.3 Å². The van der Waals surface area contributed by atoms with Gasteiger partial charge in [0.25, 0.3) is 0 Å². The van der Waals surface area contributed by atoms with Crippen LogP contribution in [0, 0.1) is 5.92 Å². The molecule has 2 amide bonds. The molecule has 3 unspecified atom stereocenters. The zero-order chi connectivity index (χ0) is 15.0. The van der Waals surface area contributed by atoms with Gasteiger partial charge in [0.1, 0.15) is 0 Å². The Morgan fingerprint density at radius 1 is 1.14 bits per heavy atom. The molecule has 1 aliphatic carbocycles. The van der Waals surface area contributed by atoms with Crippen molar-refractivity contribution in [1.82, 2.24) is 10.2 Å². The number of nitrogens with zero attached hydrogens (tertiary/aromatic N) is 1. The molecule has 3 rings (SSSR count). The molecule has 0 radical (unpaired) electrons. The van der Waals surface area contributed by atoms with Crippen LogP contribution in [-0.2, 0) is 4.79 Å². The van der Waals surface area contributed by atoms with Gasteiger partial charge in [-0.2, -0.15) is 11.8 Å². The second-order valence-corrected chi connectivity index (χ2v) is 7.68. The SMILES string of the molecule is CSC1CCC(NC(=O)N2C3CCC2C(C(=O)O)C3)CC1. The maximum atomic E-state index is 12.5. The Morgan fingerprint density at radius 2 is 1.86 bits per heavy atom. The number of carbonyl (C=O) groups is 2. The van der Waals surface area contributed by atoms with E-state index in [1.807, 2.05) is 16.7 Å². The fraction of sp³-hybridized carbons (Fsp3) is 0.867. The minimum atomic E-state index is -0.750. The molecule has 0 aromatic rings. The quantitative estimate of drug-likeness (QED) is 0.839. The fourth-order valence-electron chi connectivity index (χ4n) is 4.26. The van der Waals surface area contributed by atoms with E-state index in [1.54, 1.807) is 0 Å². The van der Waals surface area contributed by atoms with Crippen LogP contribution in [0.5, 0.6) is 0 Å². The van der Waals surface area contributed by atoms with Crippen molar-refractivity contribution >= 4 is 23.8 Å². The van der Waals surface area contributed by atoms with E-state index in [4.69, 9.17) is 0 Å². The van der Waals surface area contributed by atoms with Crippen molar-refractivity contribution in [3.63, 3.8) is 0 Å². The Kier molecular flexibility index (Phi) is 4.33. The standard InChI is InChI=1S/C15H24N2O3S/c1-21-11-5-2-9(3-6-11)16-15(20)17-10-4-7-13(17)12(8-10)14(18)19/h9-13H,2-8H2,1H3,(H,16,20)(H,18,19). The molecule has 2 aliphatic heterocycles. The highest BCUT2D eigenvalue weighted by Gasteiger charge is 2.51. The van der Waals surface area contributed by atoms with Crippen LogP contribution < -0.4 is 5.32 Å². The first-order valence-electron chi connectivity index (χ1n) is 7.94. The van der Waals surface area contributed by atoms with Gasteiger partial charge in [-0.05, 0) is 51.2 Å². The van der Waals surface area contributed by atoms with Crippen molar-refractivity contribution in [2.45, 2.75) is 68.3 Å². The Morgan fingerprint density at radius 3 is 2.43 bits per heavy atom. The maximum absolute atomic E-state index is 12.5. The van der Waals surface area contributed by atoms with Crippen molar-refractivity contribution in [3.05, 3.63) is 0 Å². The van der Waals surface area contributed by atoms with Crippen LogP contribution >= 0.6 is 11.8 Å². The Balaban J connectivity index is 1.56. The van der Waals surface area contributed by atoms with E-state index in [9.17, 15) is 14.7 Å². The highest BCUT2D eigenvalue weighted by Crippen LogP contribution is 2.42. The zero-order valence-corrected chi connectivity index (χ0v) is 13.3. The number of thioether (sulfide) groups is 1. The Labute approximate surface area is 129 Å². The van der Waals surface area contributed by atoms with E-state index < -0.39 is 5.97 Å². The highest BCUT2D eigenvalue weighted by atomic mass is 32.2. The van der Waals surface area contributed by atoms with Crippen molar-refractivity contribution in [2.75, 3.05) is 6.26 Å². The van der Waals surface area contributed by atoms with Crippen molar-refractivity contribution < 1.29 is 14.7 Å². The number of fused-ring (bicyclic) bond motifs is 2. The molecule has 3 atom stereocenters. The van der Waals surface area contributed by atoms with E-state index in [0.29, 0.717) is 6.42 Å². The smallest absolute Gasteiger partial charge is 0.318 e. The van der Waals surface area contributed by atoms with Crippen LogP contribution in [0.1, 0.15) is 44.9 Å². The summed E-state index contributed by atoms with van der Waals surface area (Å²) in [5.74, 6) is -1.11. The van der Waals surface area contributed by atoms with Crippen molar-refractivity contribution in [1.29, 1.82) is 0 Å². The minimum Gasteiger partial charge on any atom is -0.481 e. The third-order valence-corrected chi connectivity index (χ3v) is 6.56. The molecule has 2 saturated heterocycles. The average Bonchev–Trinajstić information content (AvgIpc) is 3.05. The van der Waals surface area contributed by atoms with E-state index in [0.717, 1.165) is 43.8 Å². The first-order valence-corrected chi connectivity index (χ1v) is 9.23. The molecule has 0 spiro atoms. The summed E-state index contributed by atoms with van der Waals surface area (Å²) in [7, 11) is 0. The molecule has 21 heavy (non-hydrogen) atoms. The molecular formula is C15H24N2O3S. The number of carboxylic acid groups (broad SMARTS) is 1. The number of nitrogens with one attached hydrogen (secondary N) is 1. The molecule has 2 bridgehead atoms. The van der Waals surface area contributed by atoms with Crippen molar-refractivity contribution in [2.24, 2.45) is 5.92 Å². The summed E-state index contributed by atoms with van der Waals surface area (Å²) in [5.41, 5.74) is 0. The monoisotopic (exact) mass is 312 g/mol. The summed E-state index contributed by atoms with van der Waals surface area (Å²) in [4.78, 5) is 25.6. The number of rotatable bonds is 3. The summed E-state index contributed by atoms with van der Waals surface area (Å²) in [6.45, 7) is 0. The van der Waals surface area contributed by atoms with Crippen LogP contribution in [0.2, 0.25) is 0 Å². The highest BCUT2D eigenvalue weighted by molar-refractivity contribution is 7.99. The summed E-state index contributed by atoms with van der Waals surface area (Å²) in [5, 5.41) is 13.1. The fourth-order valence-corrected chi connectivity index (χ4v) is 5.01. The number of hydrogen-bond donors (Lipinski definition) is 2. The molecular weight excluding hydrogens is 288 g/mol. The van der Waals surface area contributed by atoms with Crippen LogP contribution in [-0.4, -0.2) is 51.6 Å². The van der Waals surface area contributed by atoms with Gasteiger partial charge in [0.15, 0.2) is 0 Å². The largest absolute Gasteiger partial charge is 0.481 e. The minimum absolute atomic E-state index is 0.0288. The predicted octanol–water partition coefficient (Wildman–Crippen LogP) is 2.31. The molecule has 2 heterocycles. The number of amides is 2. The number of carboxylic acids is 1. The first-order chi connectivity index (χ1) is 10.1. The number of hydrogen-bond acceptors (Lipinski definition) is 3. The van der Waals surface area contributed by atoms with Gasteiger partial charge in [-0.25, -0.2) is 4.79 Å². The normalized spacial score (nSPS) is 38.5. The van der Waals surface area contributed by atoms with E-state index in [2.05, 4.69) is 11.6 Å². The van der Waals surface area contributed by atoms with Gasteiger partial charge in [-0.1, -0.05) is 0 Å². The second-order valence-electron chi connectivity index (χ2n) is 6.55. The van der Waals surface area contributed by atoms with Gasteiger partial charge in [-0.15, -0.1) is 0 Å². The molecule has 3 fully saturated rings. The Bertz CT molecular complexity index is 423. The molecule has 118 valence electrons. The number of aliphatic carboxylic acids is 1. The second kappa shape index (κ2) is 6.07. The predicted molar refractivity (Wildman–Crippen MR) is 82.5 cm³/mol. The van der Waals surface area contributed by atoms with Crippen LogP contribution in [0.3, 0.4) is 0 Å². The number of carbonyl (C=O) groups excluding carboxylic acids is 1. The molecule has 0 aromatic heterocycles. The summed E-state index contributed by atoms with van der Waals surface area (Å²) < 4.78 is 0. The summed E-state index contributed by atoms with van der Waals surface area (Å²) >= 11 is 1.92. The zero-order valence-electron chi connectivity index (χ0n) is 12.5. The average molecular weight is 312 g/mol. The lowest BCUT2D eigenvalue weighted by molar-refractivity contribution is -0.142. The first kappa shape index (κ1) is 15.0. The Hall–Kier alpha value is -0.910. The maximum Gasteiger partial charge on any atom is 0.318 e. The van der Waals surface area contributed by atoms with Crippen molar-refractivity contribution in [3.8, 4) is 0 Å². The van der Waals surface area contributed by atoms with Gasteiger partial charge >= 0.3 is 12.0 Å². The van der Waals surface area contributed by atoms with Gasteiger partial charge in [0.2, 0.25) is 0 Å². The molecule has 6 heteroatoms. The topological polar surface area (TPSA) is 69.6 Å². The molecule has 2 N–H and O–H groups in total. The molecule has 5 nitrogen and oxygen atoms in total. The van der Waals surface area contributed by atoms with Gasteiger partial charge in [-0.3, -0.25) is 4.79 Å². The molecule has 1 saturated carbocycles. The number of urea groups is 1. The van der Waals surface area contributed by atoms with Crippen LogP contribution in [0.15, 0.2) is 0 Å². The molecule has 0 aromatic carbocycles. The third-order valence-electron chi connectivity index (χ3n) is 5.42. The lowest BCUT2D eigenvalue weighted by Crippen LogP contribution is -2.48. The molecule has 3 aliphatic rings. The lowest BCUT2D eigenvalue weighted by Gasteiger charge is -2.31. The van der Waals surface area contributed by atoms with Crippen LogP contribution in [0.25, 0.3) is 0 Å². The third kappa shape index (κ3) is 2.87. The summed E-state index contributed by atoms with van der Waals surface area (Å²) in [6.07, 6.45) is 9.00. The van der Waals surface area contributed by atoms with Crippen LogP contribution in [0.4, 0.5) is 4.79 Å².